The van der Waals surface area contributed by atoms with Crippen LogP contribution in [0.15, 0.2) is 22.9 Å². The number of primary amides is 1. The number of aromatic nitrogens is 1. The first-order valence-corrected chi connectivity index (χ1v) is 7.09. The molecule has 2 rings (SSSR count). The monoisotopic (exact) mass is 311 g/mol. The van der Waals surface area contributed by atoms with E-state index in [9.17, 15) is 4.79 Å². The SMILES string of the molecule is NC(=O)CC1CCCN(c2ccncc2Br)CC1. The van der Waals surface area contributed by atoms with Crippen molar-refractivity contribution in [1.29, 1.82) is 0 Å². The highest BCUT2D eigenvalue weighted by molar-refractivity contribution is 9.10. The van der Waals surface area contributed by atoms with Gasteiger partial charge in [-0.1, -0.05) is 0 Å². The molecule has 1 amide bonds. The minimum absolute atomic E-state index is 0.182. The summed E-state index contributed by atoms with van der Waals surface area (Å²) in [6, 6.07) is 2.03. The van der Waals surface area contributed by atoms with E-state index in [1.54, 1.807) is 0 Å². The predicted molar refractivity (Wildman–Crippen MR) is 75.3 cm³/mol. The molecule has 18 heavy (non-hydrogen) atoms. The molecule has 0 radical (unpaired) electrons. The number of hydrogen-bond acceptors (Lipinski definition) is 3. The van der Waals surface area contributed by atoms with E-state index in [-0.39, 0.29) is 5.91 Å². The van der Waals surface area contributed by atoms with Gasteiger partial charge in [0.25, 0.3) is 0 Å². The predicted octanol–water partition coefficient (Wildman–Crippen LogP) is 2.33. The molecule has 1 aliphatic rings. The molecule has 1 fully saturated rings. The van der Waals surface area contributed by atoms with Crippen LogP contribution in [0.4, 0.5) is 5.69 Å². The van der Waals surface area contributed by atoms with Crippen molar-refractivity contribution in [3.8, 4) is 0 Å². The van der Waals surface area contributed by atoms with E-state index in [0.29, 0.717) is 12.3 Å². The highest BCUT2D eigenvalue weighted by atomic mass is 79.9. The van der Waals surface area contributed by atoms with Crippen LogP contribution >= 0.6 is 15.9 Å². The maximum absolute atomic E-state index is 11.0. The number of carbonyl (C=O) groups is 1. The van der Waals surface area contributed by atoms with Crippen molar-refractivity contribution in [1.82, 2.24) is 4.98 Å². The zero-order valence-corrected chi connectivity index (χ0v) is 11.9. The number of nitrogens with two attached hydrogens (primary N) is 1. The molecule has 0 aromatic carbocycles. The van der Waals surface area contributed by atoms with Crippen molar-refractivity contribution in [2.45, 2.75) is 25.7 Å². The fourth-order valence-corrected chi connectivity index (χ4v) is 3.02. The number of nitrogens with zero attached hydrogens (tertiary/aromatic N) is 2. The second-order valence-electron chi connectivity index (χ2n) is 4.78. The van der Waals surface area contributed by atoms with Gasteiger partial charge in [0, 0.05) is 31.9 Å². The van der Waals surface area contributed by atoms with Gasteiger partial charge in [-0.05, 0) is 47.2 Å². The summed E-state index contributed by atoms with van der Waals surface area (Å²) in [6.07, 6.45) is 7.37. The van der Waals surface area contributed by atoms with E-state index in [0.717, 1.165) is 36.8 Å². The Morgan fingerprint density at radius 1 is 1.50 bits per heavy atom. The van der Waals surface area contributed by atoms with E-state index >= 15 is 0 Å². The Hall–Kier alpha value is -1.10. The Balaban J connectivity index is 2.01. The highest BCUT2D eigenvalue weighted by Crippen LogP contribution is 2.29. The van der Waals surface area contributed by atoms with Gasteiger partial charge in [0.05, 0.1) is 10.2 Å². The van der Waals surface area contributed by atoms with Gasteiger partial charge in [0.1, 0.15) is 0 Å². The van der Waals surface area contributed by atoms with Gasteiger partial charge >= 0.3 is 0 Å². The molecule has 98 valence electrons. The molecule has 5 heteroatoms. The van der Waals surface area contributed by atoms with Crippen LogP contribution in [-0.2, 0) is 4.79 Å². The molecule has 1 aromatic rings. The Kier molecular flexibility index (Phi) is 4.58. The average Bonchev–Trinajstić information content (AvgIpc) is 2.55. The smallest absolute Gasteiger partial charge is 0.217 e. The molecule has 1 aromatic heterocycles. The number of halogens is 1. The lowest BCUT2D eigenvalue weighted by Crippen LogP contribution is -2.25. The third-order valence-electron chi connectivity index (χ3n) is 3.43. The zero-order valence-electron chi connectivity index (χ0n) is 10.3. The van der Waals surface area contributed by atoms with Gasteiger partial charge in [0.2, 0.25) is 5.91 Å². The van der Waals surface area contributed by atoms with Crippen molar-refractivity contribution in [2.75, 3.05) is 18.0 Å². The lowest BCUT2D eigenvalue weighted by molar-refractivity contribution is -0.118. The lowest BCUT2D eigenvalue weighted by Gasteiger charge is -2.23. The van der Waals surface area contributed by atoms with E-state index in [1.807, 2.05) is 18.5 Å². The second-order valence-corrected chi connectivity index (χ2v) is 5.64. The number of pyridine rings is 1. The van der Waals surface area contributed by atoms with Crippen molar-refractivity contribution < 1.29 is 4.79 Å². The van der Waals surface area contributed by atoms with Crippen LogP contribution in [-0.4, -0.2) is 24.0 Å². The third-order valence-corrected chi connectivity index (χ3v) is 4.04. The molecular formula is C13H18BrN3O. The lowest BCUT2D eigenvalue weighted by atomic mass is 9.97. The number of rotatable bonds is 3. The van der Waals surface area contributed by atoms with Crippen molar-refractivity contribution in [3.63, 3.8) is 0 Å². The van der Waals surface area contributed by atoms with E-state index in [2.05, 4.69) is 25.8 Å². The van der Waals surface area contributed by atoms with E-state index in [4.69, 9.17) is 5.73 Å². The first-order chi connectivity index (χ1) is 8.66. The Morgan fingerprint density at radius 3 is 3.06 bits per heavy atom. The molecule has 1 saturated heterocycles. The summed E-state index contributed by atoms with van der Waals surface area (Å²) in [5, 5.41) is 0. The molecule has 0 saturated carbocycles. The van der Waals surface area contributed by atoms with E-state index in [1.165, 1.54) is 5.69 Å². The summed E-state index contributed by atoms with van der Waals surface area (Å²) < 4.78 is 1.03. The van der Waals surface area contributed by atoms with Crippen LogP contribution in [0.5, 0.6) is 0 Å². The Bertz CT molecular complexity index is 424. The number of hydrogen-bond donors (Lipinski definition) is 1. The van der Waals surface area contributed by atoms with E-state index < -0.39 is 0 Å². The van der Waals surface area contributed by atoms with Gasteiger partial charge in [-0.2, -0.15) is 0 Å². The van der Waals surface area contributed by atoms with Gasteiger partial charge in [0.15, 0.2) is 0 Å². The number of amides is 1. The zero-order chi connectivity index (χ0) is 13.0. The summed E-state index contributed by atoms with van der Waals surface area (Å²) in [4.78, 5) is 17.4. The van der Waals surface area contributed by atoms with Crippen molar-refractivity contribution >= 4 is 27.5 Å². The fraction of sp³-hybridized carbons (Fsp3) is 0.538. The van der Waals surface area contributed by atoms with Crippen LogP contribution in [0.2, 0.25) is 0 Å². The van der Waals surface area contributed by atoms with Crippen LogP contribution in [0.1, 0.15) is 25.7 Å². The molecular weight excluding hydrogens is 294 g/mol. The molecule has 0 bridgehead atoms. The van der Waals surface area contributed by atoms with Gasteiger partial charge in [-0.15, -0.1) is 0 Å². The molecule has 0 spiro atoms. The largest absolute Gasteiger partial charge is 0.371 e. The normalized spacial score (nSPS) is 20.5. The summed E-state index contributed by atoms with van der Waals surface area (Å²) in [7, 11) is 0. The second kappa shape index (κ2) is 6.18. The van der Waals surface area contributed by atoms with Crippen LogP contribution in [0.25, 0.3) is 0 Å². The van der Waals surface area contributed by atoms with Crippen molar-refractivity contribution in [2.24, 2.45) is 11.7 Å². The van der Waals surface area contributed by atoms with Gasteiger partial charge in [-0.25, -0.2) is 0 Å². The maximum atomic E-state index is 11.0. The topological polar surface area (TPSA) is 59.2 Å². The summed E-state index contributed by atoms with van der Waals surface area (Å²) in [5.41, 5.74) is 6.46. The molecule has 0 aliphatic carbocycles. The van der Waals surface area contributed by atoms with Crippen LogP contribution < -0.4 is 10.6 Å². The Labute approximate surface area is 116 Å². The number of carbonyl (C=O) groups excluding carboxylic acids is 1. The maximum Gasteiger partial charge on any atom is 0.217 e. The van der Waals surface area contributed by atoms with Gasteiger partial charge in [-0.3, -0.25) is 9.78 Å². The quantitative estimate of drug-likeness (QED) is 0.932. The summed E-state index contributed by atoms with van der Waals surface area (Å²) >= 11 is 3.53. The average molecular weight is 312 g/mol. The highest BCUT2D eigenvalue weighted by Gasteiger charge is 2.19. The molecule has 2 heterocycles. The molecule has 1 aliphatic heterocycles. The minimum Gasteiger partial charge on any atom is -0.371 e. The van der Waals surface area contributed by atoms with Gasteiger partial charge < -0.3 is 10.6 Å². The van der Waals surface area contributed by atoms with Crippen molar-refractivity contribution in [3.05, 3.63) is 22.9 Å². The van der Waals surface area contributed by atoms with Crippen LogP contribution in [0, 0.1) is 5.92 Å². The van der Waals surface area contributed by atoms with Crippen LogP contribution in [0.3, 0.4) is 0 Å². The first kappa shape index (κ1) is 13.3. The summed E-state index contributed by atoms with van der Waals surface area (Å²) in [5.74, 6) is 0.256. The Morgan fingerprint density at radius 2 is 2.33 bits per heavy atom. The molecule has 1 unspecified atom stereocenters. The molecule has 1 atom stereocenters. The standard InChI is InChI=1S/C13H18BrN3O/c14-11-9-16-5-3-12(11)17-6-1-2-10(4-7-17)8-13(15)18/h3,5,9-10H,1-2,4,6-8H2,(H2,15,18). The third kappa shape index (κ3) is 3.45. The first-order valence-electron chi connectivity index (χ1n) is 6.29. The minimum atomic E-state index is -0.182. The fourth-order valence-electron chi connectivity index (χ4n) is 2.52. The molecule has 2 N–H and O–H groups in total. The number of anilines is 1. The molecule has 4 nitrogen and oxygen atoms in total. The summed E-state index contributed by atoms with van der Waals surface area (Å²) in [6.45, 7) is 2.00.